The summed E-state index contributed by atoms with van der Waals surface area (Å²) in [7, 11) is -3.63. The van der Waals surface area contributed by atoms with Crippen LogP contribution in [0.3, 0.4) is 0 Å². The van der Waals surface area contributed by atoms with Gasteiger partial charge in [-0.05, 0) is 0 Å². The lowest BCUT2D eigenvalue weighted by molar-refractivity contribution is -0.702. The lowest BCUT2D eigenvalue weighted by Crippen LogP contribution is -2.43. The molecule has 0 bridgehead atoms. The van der Waals surface area contributed by atoms with Crippen LogP contribution in [0.4, 0.5) is 0 Å². The van der Waals surface area contributed by atoms with Crippen molar-refractivity contribution in [3.63, 3.8) is 0 Å². The van der Waals surface area contributed by atoms with Crippen LogP contribution in [0.1, 0.15) is 18.7 Å². The second-order valence-electron chi connectivity index (χ2n) is 2.94. The highest BCUT2D eigenvalue weighted by atomic mass is 32.2. The number of nitrogens with zero attached hydrogens (tertiary/aromatic N) is 1. The van der Waals surface area contributed by atoms with Crippen molar-refractivity contribution in [3.8, 4) is 0 Å². The average molecular weight is 228 g/mol. The van der Waals surface area contributed by atoms with E-state index in [-0.39, 0.29) is 0 Å². The monoisotopic (exact) mass is 228 g/mol. The first-order valence-corrected chi connectivity index (χ1v) is 6.07. The molecule has 0 aliphatic carbocycles. The lowest BCUT2D eigenvalue weighted by Gasteiger charge is -2.09. The van der Waals surface area contributed by atoms with E-state index in [4.69, 9.17) is 0 Å². The molecule has 0 saturated heterocycles. The van der Waals surface area contributed by atoms with Gasteiger partial charge < -0.3 is 4.18 Å². The molecule has 1 unspecified atom stereocenters. The van der Waals surface area contributed by atoms with Gasteiger partial charge in [-0.3, -0.25) is 0 Å². The minimum absolute atomic E-state index is 0.435. The van der Waals surface area contributed by atoms with Gasteiger partial charge >= 0.3 is 10.1 Å². The molecule has 0 aliphatic rings. The zero-order chi connectivity index (χ0) is 11.3. The molecule has 15 heavy (non-hydrogen) atoms. The summed E-state index contributed by atoms with van der Waals surface area (Å²) in [6.45, 7) is 5.03. The Morgan fingerprint density at radius 1 is 1.40 bits per heavy atom. The molecule has 0 saturated carbocycles. The van der Waals surface area contributed by atoms with Crippen molar-refractivity contribution in [3.05, 3.63) is 43.4 Å². The highest BCUT2D eigenvalue weighted by Gasteiger charge is 2.32. The quantitative estimate of drug-likeness (QED) is 0.434. The van der Waals surface area contributed by atoms with E-state index in [1.165, 1.54) is 0 Å². The first kappa shape index (κ1) is 11.7. The molecule has 0 fully saturated rings. The van der Waals surface area contributed by atoms with Crippen LogP contribution in [0.5, 0.6) is 0 Å². The summed E-state index contributed by atoms with van der Waals surface area (Å²) in [5, 5.41) is -0.711. The molecular weight excluding hydrogens is 214 g/mol. The Morgan fingerprint density at radius 3 is 2.47 bits per heavy atom. The van der Waals surface area contributed by atoms with E-state index in [1.807, 2.05) is 6.07 Å². The molecule has 82 valence electrons. The Kier molecular flexibility index (Phi) is 3.85. The smallest absolute Gasteiger partial charge is 0.373 e. The van der Waals surface area contributed by atoms with Crippen LogP contribution >= 0.6 is 0 Å². The molecule has 0 N–H and O–H groups in total. The van der Waals surface area contributed by atoms with Crippen molar-refractivity contribution in [2.24, 2.45) is 0 Å². The van der Waals surface area contributed by atoms with Crippen molar-refractivity contribution in [2.45, 2.75) is 18.7 Å². The fraction of sp³-hybridized carbons (Fsp3) is 0.300. The minimum Gasteiger partial charge on any atom is -0.386 e. The molecular formula is C10H14NO3S+. The summed E-state index contributed by atoms with van der Waals surface area (Å²) in [6.07, 6.45) is 4.75. The topological polar surface area (TPSA) is 47.3 Å². The third-order valence-corrected chi connectivity index (χ3v) is 3.60. The Bertz CT molecular complexity index is 414. The third-order valence-electron chi connectivity index (χ3n) is 1.96. The largest absolute Gasteiger partial charge is 0.386 e. The van der Waals surface area contributed by atoms with Crippen molar-refractivity contribution in [2.75, 3.05) is 0 Å². The second kappa shape index (κ2) is 4.93. The van der Waals surface area contributed by atoms with Gasteiger partial charge in [-0.2, -0.15) is 13.0 Å². The maximum atomic E-state index is 11.6. The van der Waals surface area contributed by atoms with Crippen LogP contribution < -0.4 is 4.57 Å². The first-order chi connectivity index (χ1) is 7.11. The van der Waals surface area contributed by atoms with E-state index in [1.54, 1.807) is 36.0 Å². The van der Waals surface area contributed by atoms with Gasteiger partial charge in [-0.1, -0.05) is 19.6 Å². The van der Waals surface area contributed by atoms with Gasteiger partial charge in [0.05, 0.1) is 6.26 Å². The Labute approximate surface area is 89.9 Å². The van der Waals surface area contributed by atoms with E-state index >= 15 is 0 Å². The van der Waals surface area contributed by atoms with Gasteiger partial charge in [0, 0.05) is 18.6 Å². The summed E-state index contributed by atoms with van der Waals surface area (Å²) in [5.41, 5.74) is 0. The molecule has 1 atom stereocenters. The number of hydrogen-bond donors (Lipinski definition) is 0. The van der Waals surface area contributed by atoms with Crippen LogP contribution in [0, 0.1) is 0 Å². The van der Waals surface area contributed by atoms with Crippen LogP contribution in [0.15, 0.2) is 43.4 Å². The summed E-state index contributed by atoms with van der Waals surface area (Å²) in [4.78, 5) is 0. The fourth-order valence-electron chi connectivity index (χ4n) is 1.33. The predicted molar refractivity (Wildman–Crippen MR) is 56.2 cm³/mol. The van der Waals surface area contributed by atoms with E-state index < -0.39 is 15.5 Å². The molecule has 1 heterocycles. The molecule has 5 heteroatoms. The van der Waals surface area contributed by atoms with E-state index in [0.717, 1.165) is 6.26 Å². The third kappa shape index (κ3) is 2.79. The Morgan fingerprint density at radius 2 is 2.00 bits per heavy atom. The number of aromatic nitrogens is 1. The molecule has 0 spiro atoms. The SMILES string of the molecule is C=COS(=O)(=O)C(CC)[n+]1ccccc1. The zero-order valence-corrected chi connectivity index (χ0v) is 9.35. The summed E-state index contributed by atoms with van der Waals surface area (Å²) in [6, 6.07) is 5.36. The first-order valence-electron chi connectivity index (χ1n) is 4.60. The van der Waals surface area contributed by atoms with Gasteiger partial charge in [0.15, 0.2) is 12.4 Å². The van der Waals surface area contributed by atoms with Gasteiger partial charge in [0.25, 0.3) is 5.37 Å². The number of pyridine rings is 1. The maximum Gasteiger partial charge on any atom is 0.373 e. The van der Waals surface area contributed by atoms with Gasteiger partial charge in [0.2, 0.25) is 0 Å². The molecule has 0 aliphatic heterocycles. The van der Waals surface area contributed by atoms with Gasteiger partial charge in [-0.15, -0.1) is 0 Å². The number of rotatable bonds is 5. The minimum atomic E-state index is -3.63. The van der Waals surface area contributed by atoms with Gasteiger partial charge in [-0.25, -0.2) is 0 Å². The van der Waals surface area contributed by atoms with Crippen LogP contribution in [-0.2, 0) is 14.3 Å². The zero-order valence-electron chi connectivity index (χ0n) is 8.54. The normalized spacial score (nSPS) is 13.1. The average Bonchev–Trinajstić information content (AvgIpc) is 2.19. The van der Waals surface area contributed by atoms with Crippen molar-refractivity contribution < 1.29 is 17.2 Å². The van der Waals surface area contributed by atoms with Crippen molar-refractivity contribution >= 4 is 10.1 Å². The Hall–Kier alpha value is -1.36. The maximum absolute atomic E-state index is 11.6. The standard InChI is InChI=1S/C10H14NO3S/c1-3-10(15(12,13)14-4-2)11-8-6-5-7-9-11/h4-10H,2-3H2,1H3/q+1. The summed E-state index contributed by atoms with van der Waals surface area (Å²) < 4.78 is 29.4. The summed E-state index contributed by atoms with van der Waals surface area (Å²) >= 11 is 0. The van der Waals surface area contributed by atoms with Crippen LogP contribution in [-0.4, -0.2) is 8.42 Å². The Balaban J connectivity index is 3.05. The predicted octanol–water partition coefficient (Wildman–Crippen LogP) is 1.37. The number of hydrogen-bond acceptors (Lipinski definition) is 3. The second-order valence-corrected chi connectivity index (χ2v) is 4.66. The lowest BCUT2D eigenvalue weighted by atomic mass is 10.4. The molecule has 1 aromatic rings. The highest BCUT2D eigenvalue weighted by Crippen LogP contribution is 2.14. The van der Waals surface area contributed by atoms with Crippen molar-refractivity contribution in [1.29, 1.82) is 0 Å². The summed E-state index contributed by atoms with van der Waals surface area (Å²) in [5.74, 6) is 0. The molecule has 1 aromatic heterocycles. The molecule has 4 nitrogen and oxygen atoms in total. The molecule has 0 amide bonds. The van der Waals surface area contributed by atoms with E-state index in [9.17, 15) is 8.42 Å². The highest BCUT2D eigenvalue weighted by molar-refractivity contribution is 7.86. The van der Waals surface area contributed by atoms with Crippen LogP contribution in [0.25, 0.3) is 0 Å². The van der Waals surface area contributed by atoms with Crippen molar-refractivity contribution in [1.82, 2.24) is 0 Å². The van der Waals surface area contributed by atoms with Crippen LogP contribution in [0.2, 0.25) is 0 Å². The van der Waals surface area contributed by atoms with E-state index in [0.29, 0.717) is 6.42 Å². The molecule has 1 rings (SSSR count). The van der Waals surface area contributed by atoms with Gasteiger partial charge in [0.1, 0.15) is 0 Å². The van der Waals surface area contributed by atoms with E-state index in [2.05, 4.69) is 10.8 Å². The molecule has 0 radical (unpaired) electrons. The fourth-order valence-corrected chi connectivity index (χ4v) is 2.49. The molecule has 0 aromatic carbocycles.